The van der Waals surface area contributed by atoms with E-state index in [0.29, 0.717) is 6.42 Å². The third kappa shape index (κ3) is 2.65. The number of nitrogens with zero attached hydrogens (tertiary/aromatic N) is 1. The van der Waals surface area contributed by atoms with E-state index in [9.17, 15) is 19.7 Å². The molecule has 0 bridgehead atoms. The third-order valence-electron chi connectivity index (χ3n) is 3.55. The number of carbonyl (C=O) groups is 2. The van der Waals surface area contributed by atoms with Crippen molar-refractivity contribution in [3.05, 3.63) is 36.3 Å². The van der Waals surface area contributed by atoms with Crippen LogP contribution in [0.5, 0.6) is 0 Å². The summed E-state index contributed by atoms with van der Waals surface area (Å²) in [5.74, 6) is -1.70. The molecule has 0 saturated heterocycles. The number of nitro groups is 1. The van der Waals surface area contributed by atoms with Crippen LogP contribution >= 0.6 is 34.8 Å². The minimum absolute atomic E-state index is 0.0710. The molecular weight excluding hydrogens is 341 g/mol. The van der Waals surface area contributed by atoms with Crippen LogP contribution in [0.3, 0.4) is 0 Å². The number of hydrogen-bond donors (Lipinski definition) is 0. The Hall–Kier alpha value is -1.17. The van der Waals surface area contributed by atoms with E-state index in [1.54, 1.807) is 0 Å². The lowest BCUT2D eigenvalue weighted by atomic mass is 9.80. The second-order valence-corrected chi connectivity index (χ2v) is 5.94. The van der Waals surface area contributed by atoms with Crippen molar-refractivity contribution < 1.29 is 14.5 Å². The molecule has 0 N–H and O–H groups in total. The topological polar surface area (TPSA) is 77.3 Å². The van der Waals surface area contributed by atoms with Gasteiger partial charge in [0.05, 0.1) is 15.0 Å². The molecule has 0 aliphatic heterocycles. The number of halogens is 3. The minimum atomic E-state index is -1.10. The maximum absolute atomic E-state index is 12.1. The Balaban J connectivity index is 2.77. The van der Waals surface area contributed by atoms with Gasteiger partial charge in [-0.15, -0.1) is 0 Å². The first-order valence-electron chi connectivity index (χ1n) is 6.14. The van der Waals surface area contributed by atoms with Gasteiger partial charge in [-0.3, -0.25) is 19.7 Å². The van der Waals surface area contributed by atoms with Gasteiger partial charge in [0.25, 0.3) is 5.69 Å². The van der Waals surface area contributed by atoms with Gasteiger partial charge in [0.2, 0.25) is 0 Å². The van der Waals surface area contributed by atoms with E-state index in [1.165, 1.54) is 6.92 Å². The summed E-state index contributed by atoms with van der Waals surface area (Å²) in [4.78, 5) is 34.6. The van der Waals surface area contributed by atoms with Gasteiger partial charge in [-0.25, -0.2) is 0 Å². The molecule has 1 fully saturated rings. The predicted octanol–water partition coefficient (Wildman–Crippen LogP) is 4.27. The lowest BCUT2D eigenvalue weighted by molar-refractivity contribution is -0.385. The highest BCUT2D eigenvalue weighted by molar-refractivity contribution is 6.49. The van der Waals surface area contributed by atoms with E-state index in [0.717, 1.165) is 0 Å². The first-order chi connectivity index (χ1) is 9.77. The van der Waals surface area contributed by atoms with Crippen LogP contribution in [0.4, 0.5) is 5.69 Å². The molecule has 5 nitrogen and oxygen atoms in total. The van der Waals surface area contributed by atoms with Crippen LogP contribution in [0.25, 0.3) is 0 Å². The molecule has 8 heteroatoms. The number of hydrogen-bond acceptors (Lipinski definition) is 4. The molecule has 0 heterocycles. The van der Waals surface area contributed by atoms with Gasteiger partial charge in [-0.2, -0.15) is 0 Å². The van der Waals surface area contributed by atoms with Crippen molar-refractivity contribution >= 4 is 52.1 Å². The number of nitro benzene ring substituents is 1. The summed E-state index contributed by atoms with van der Waals surface area (Å²) < 4.78 is 0. The van der Waals surface area contributed by atoms with Crippen LogP contribution in [0.15, 0.2) is 0 Å². The Bertz CT molecular complexity index is 656. The van der Waals surface area contributed by atoms with Crippen molar-refractivity contribution in [1.82, 2.24) is 0 Å². The number of Topliss-reactive ketones (excluding diaryl/α,β-unsaturated/α-hetero) is 2. The molecule has 0 amide bonds. The van der Waals surface area contributed by atoms with E-state index in [-0.39, 0.29) is 50.6 Å². The number of benzene rings is 1. The fourth-order valence-corrected chi connectivity index (χ4v) is 3.45. The van der Waals surface area contributed by atoms with E-state index in [2.05, 4.69) is 0 Å². The van der Waals surface area contributed by atoms with Crippen molar-refractivity contribution in [2.24, 2.45) is 0 Å². The van der Waals surface area contributed by atoms with E-state index < -0.39 is 16.5 Å². The lowest BCUT2D eigenvalue weighted by Crippen LogP contribution is -2.27. The molecule has 1 aliphatic rings. The van der Waals surface area contributed by atoms with Gasteiger partial charge in [0.1, 0.15) is 22.5 Å². The Labute approximate surface area is 135 Å². The summed E-state index contributed by atoms with van der Waals surface area (Å²) in [5, 5.41) is 10.6. The first-order valence-corrected chi connectivity index (χ1v) is 7.27. The zero-order chi connectivity index (χ0) is 15.9. The SMILES string of the molecule is Cc1c(C2C(=O)CCCC2=O)c(Cl)c(Cl)c(Cl)c1[N+](=O)[O-]. The van der Waals surface area contributed by atoms with Gasteiger partial charge < -0.3 is 0 Å². The highest BCUT2D eigenvalue weighted by Gasteiger charge is 2.38. The smallest absolute Gasteiger partial charge is 0.292 e. The molecule has 1 aromatic carbocycles. The molecule has 1 aromatic rings. The fourth-order valence-electron chi connectivity index (χ4n) is 2.56. The van der Waals surface area contributed by atoms with Crippen molar-refractivity contribution in [1.29, 1.82) is 0 Å². The van der Waals surface area contributed by atoms with Crippen LogP contribution < -0.4 is 0 Å². The Kier molecular flexibility index (Phi) is 4.56. The van der Waals surface area contributed by atoms with Crippen molar-refractivity contribution in [3.63, 3.8) is 0 Å². The molecule has 2 rings (SSSR count). The van der Waals surface area contributed by atoms with Gasteiger partial charge in [-0.05, 0) is 18.9 Å². The Morgan fingerprint density at radius 2 is 1.57 bits per heavy atom. The van der Waals surface area contributed by atoms with E-state index in [1.807, 2.05) is 0 Å². The van der Waals surface area contributed by atoms with Crippen molar-refractivity contribution in [2.75, 3.05) is 0 Å². The normalized spacial score (nSPS) is 16.4. The maximum atomic E-state index is 12.1. The molecule has 0 unspecified atom stereocenters. The minimum Gasteiger partial charge on any atom is -0.299 e. The lowest BCUT2D eigenvalue weighted by Gasteiger charge is -2.23. The van der Waals surface area contributed by atoms with Gasteiger partial charge in [0.15, 0.2) is 0 Å². The monoisotopic (exact) mass is 349 g/mol. The Morgan fingerprint density at radius 1 is 1.05 bits per heavy atom. The average molecular weight is 351 g/mol. The number of carbonyl (C=O) groups excluding carboxylic acids is 2. The zero-order valence-corrected chi connectivity index (χ0v) is 13.2. The Morgan fingerprint density at radius 3 is 2.05 bits per heavy atom. The molecule has 1 aliphatic carbocycles. The molecule has 112 valence electrons. The zero-order valence-electron chi connectivity index (χ0n) is 10.9. The quantitative estimate of drug-likeness (QED) is 0.345. The molecule has 1 saturated carbocycles. The average Bonchev–Trinajstić information content (AvgIpc) is 2.39. The standard InChI is InChI=1S/C13H10Cl3NO4/c1-5-8(9-6(18)3-2-4-7(9)19)10(14)11(15)12(16)13(5)17(20)21/h9H,2-4H2,1H3. The van der Waals surface area contributed by atoms with Gasteiger partial charge in [0, 0.05) is 18.4 Å². The maximum Gasteiger partial charge on any atom is 0.292 e. The molecule has 0 spiro atoms. The summed E-state index contributed by atoms with van der Waals surface area (Å²) in [7, 11) is 0. The van der Waals surface area contributed by atoms with Gasteiger partial charge in [-0.1, -0.05) is 34.8 Å². The fraction of sp³-hybridized carbons (Fsp3) is 0.385. The summed E-state index contributed by atoms with van der Waals surface area (Å²) >= 11 is 17.9. The van der Waals surface area contributed by atoms with E-state index >= 15 is 0 Å². The van der Waals surface area contributed by atoms with Crippen LogP contribution in [0.2, 0.25) is 15.1 Å². The molecule has 0 atom stereocenters. The largest absolute Gasteiger partial charge is 0.299 e. The van der Waals surface area contributed by atoms with Crippen LogP contribution in [0, 0.1) is 17.0 Å². The highest BCUT2D eigenvalue weighted by Crippen LogP contribution is 2.46. The molecule has 0 radical (unpaired) electrons. The summed E-state index contributed by atoms with van der Waals surface area (Å²) in [6, 6.07) is 0. The molecular formula is C13H10Cl3NO4. The second-order valence-electron chi connectivity index (χ2n) is 4.81. The molecule has 0 aromatic heterocycles. The number of ketones is 2. The van der Waals surface area contributed by atoms with Gasteiger partial charge >= 0.3 is 0 Å². The van der Waals surface area contributed by atoms with Crippen LogP contribution in [0.1, 0.15) is 36.3 Å². The van der Waals surface area contributed by atoms with Crippen molar-refractivity contribution in [3.8, 4) is 0 Å². The highest BCUT2D eigenvalue weighted by atomic mass is 35.5. The third-order valence-corrected chi connectivity index (χ3v) is 4.88. The van der Waals surface area contributed by atoms with Crippen molar-refractivity contribution in [2.45, 2.75) is 32.1 Å². The van der Waals surface area contributed by atoms with Crippen LogP contribution in [-0.2, 0) is 9.59 Å². The van der Waals surface area contributed by atoms with E-state index in [4.69, 9.17) is 34.8 Å². The summed E-state index contributed by atoms with van der Waals surface area (Å²) in [6.45, 7) is 1.41. The summed E-state index contributed by atoms with van der Waals surface area (Å²) in [5.41, 5.74) is -0.215. The second kappa shape index (κ2) is 5.91. The summed E-state index contributed by atoms with van der Waals surface area (Å²) in [6.07, 6.45) is 0.953. The van der Waals surface area contributed by atoms with Crippen LogP contribution in [-0.4, -0.2) is 16.5 Å². The predicted molar refractivity (Wildman–Crippen MR) is 79.5 cm³/mol. The molecule has 21 heavy (non-hydrogen) atoms. The first kappa shape index (κ1) is 16.2. The number of rotatable bonds is 2.